The molecule has 0 aliphatic heterocycles. The van der Waals surface area contributed by atoms with Crippen molar-refractivity contribution in [2.24, 2.45) is 0 Å². The van der Waals surface area contributed by atoms with Crippen LogP contribution in [0, 0.1) is 0 Å². The van der Waals surface area contributed by atoms with E-state index < -0.39 is 0 Å². The second kappa shape index (κ2) is 19.3. The van der Waals surface area contributed by atoms with Gasteiger partial charge in [-0.1, -0.05) is 206 Å². The van der Waals surface area contributed by atoms with Crippen molar-refractivity contribution in [2.45, 2.75) is 65.7 Å². The Morgan fingerprint density at radius 2 is 0.720 bits per heavy atom. The van der Waals surface area contributed by atoms with Gasteiger partial charge in [0.2, 0.25) is 0 Å². The fourth-order valence-corrected chi connectivity index (χ4v) is 10.9. The van der Waals surface area contributed by atoms with Gasteiger partial charge in [-0.05, 0) is 151 Å². The minimum absolute atomic E-state index is 0.0720. The first-order valence-corrected chi connectivity index (χ1v) is 26.5. The summed E-state index contributed by atoms with van der Waals surface area (Å²) in [6, 6.07) is 87.1. The molecule has 0 aliphatic rings. The molecule has 0 spiro atoms. The Labute approximate surface area is 442 Å². The van der Waals surface area contributed by atoms with Gasteiger partial charge >= 0.3 is 0 Å². The molecule has 1 heterocycles. The summed E-state index contributed by atoms with van der Waals surface area (Å²) < 4.78 is 6.91. The summed E-state index contributed by atoms with van der Waals surface area (Å²) >= 11 is 0. The summed E-state index contributed by atoms with van der Waals surface area (Å²) in [6.45, 7) is 15.8. The monoisotopic (exact) mass is 970 g/mol. The second-order valence-electron chi connectivity index (χ2n) is 21.8. The van der Waals surface area contributed by atoms with Crippen molar-refractivity contribution < 1.29 is 4.42 Å². The van der Waals surface area contributed by atoms with E-state index in [2.05, 4.69) is 295 Å². The van der Waals surface area contributed by atoms with E-state index in [4.69, 9.17) is 4.42 Å². The summed E-state index contributed by atoms with van der Waals surface area (Å²) in [5, 5.41) is 6.76. The van der Waals surface area contributed by atoms with Crippen molar-refractivity contribution in [2.75, 3.05) is 9.80 Å². The number of furan rings is 1. The molecule has 0 bridgehead atoms. The van der Waals surface area contributed by atoms with Gasteiger partial charge in [-0.25, -0.2) is 0 Å². The predicted molar refractivity (Wildman–Crippen MR) is 321 cm³/mol. The Kier molecular flexibility index (Phi) is 12.2. The standard InChI is InChI=1S/C72H62N2O/c1-47(2)49-25-27-52(28-26-49)64-21-13-16-24-69(64)74(68-23-15-12-19-62(68)51-17-9-8-10-18-51)61-40-34-55-44-66-65-43-54-33-39-60(41-56(54)45-70(65)75-71(66)46-57(55)42-61)73(59-37-31-50(32-38-59)48(3)4)67-22-14-11-20-63(67)53-29-35-58(36-30-53)72(5,6)7/h8-48H,1-7H3. The summed E-state index contributed by atoms with van der Waals surface area (Å²) in [5.74, 6) is 0.892. The largest absolute Gasteiger partial charge is 0.456 e. The number of benzene rings is 11. The molecular weight excluding hydrogens is 909 g/mol. The summed E-state index contributed by atoms with van der Waals surface area (Å²) in [7, 11) is 0. The molecule has 0 saturated heterocycles. The van der Waals surface area contributed by atoms with Gasteiger partial charge in [0.15, 0.2) is 0 Å². The number of anilines is 6. The average molecular weight is 971 g/mol. The number of hydrogen-bond acceptors (Lipinski definition) is 3. The van der Waals surface area contributed by atoms with Crippen molar-refractivity contribution >= 4 is 77.6 Å². The lowest BCUT2D eigenvalue weighted by molar-refractivity contribution is 0.590. The molecule has 366 valence electrons. The van der Waals surface area contributed by atoms with Crippen LogP contribution in [-0.2, 0) is 5.41 Å². The van der Waals surface area contributed by atoms with Crippen LogP contribution in [0.4, 0.5) is 34.1 Å². The molecule has 1 aromatic heterocycles. The maximum absolute atomic E-state index is 6.91. The zero-order chi connectivity index (χ0) is 51.4. The maximum Gasteiger partial charge on any atom is 0.136 e. The first kappa shape index (κ1) is 47.4. The molecular formula is C72H62N2O. The Morgan fingerprint density at radius 3 is 1.19 bits per heavy atom. The van der Waals surface area contributed by atoms with Gasteiger partial charge in [-0.2, -0.15) is 0 Å². The van der Waals surface area contributed by atoms with Crippen LogP contribution in [0.3, 0.4) is 0 Å². The Hall–Kier alpha value is -8.66. The molecule has 0 N–H and O–H groups in total. The van der Waals surface area contributed by atoms with E-state index in [-0.39, 0.29) is 5.41 Å². The van der Waals surface area contributed by atoms with Gasteiger partial charge in [-0.15, -0.1) is 0 Å². The molecule has 0 radical (unpaired) electrons. The topological polar surface area (TPSA) is 19.6 Å². The summed E-state index contributed by atoms with van der Waals surface area (Å²) in [4.78, 5) is 4.84. The molecule has 3 nitrogen and oxygen atoms in total. The molecule has 0 amide bonds. The van der Waals surface area contributed by atoms with Crippen LogP contribution in [0.2, 0.25) is 0 Å². The maximum atomic E-state index is 6.91. The van der Waals surface area contributed by atoms with E-state index in [0.717, 1.165) is 83.2 Å². The third-order valence-electron chi connectivity index (χ3n) is 15.2. The van der Waals surface area contributed by atoms with Gasteiger partial charge in [0.05, 0.1) is 17.1 Å². The van der Waals surface area contributed by atoms with Gasteiger partial charge in [0, 0.05) is 44.5 Å². The van der Waals surface area contributed by atoms with E-state index in [0.29, 0.717) is 11.8 Å². The van der Waals surface area contributed by atoms with Crippen molar-refractivity contribution in [1.82, 2.24) is 0 Å². The zero-order valence-electron chi connectivity index (χ0n) is 44.0. The van der Waals surface area contributed by atoms with Crippen molar-refractivity contribution in [3.63, 3.8) is 0 Å². The van der Waals surface area contributed by atoms with Crippen molar-refractivity contribution in [1.29, 1.82) is 0 Å². The number of para-hydroxylation sites is 3. The highest BCUT2D eigenvalue weighted by atomic mass is 16.3. The SMILES string of the molecule is CC(C)c1ccc(-c2ccccc2N(c2ccc3cc4c(cc3c2)oc2cc3cc(N(c5ccc(C(C)C)cc5)c5ccccc5-c5ccc(C(C)(C)C)cc5)ccc3cc24)c2ccccc2-c2ccccc2)cc1. The Bertz CT molecular complexity index is 4030. The van der Waals surface area contributed by atoms with E-state index in [1.54, 1.807) is 0 Å². The molecule has 0 atom stereocenters. The third kappa shape index (κ3) is 9.03. The minimum Gasteiger partial charge on any atom is -0.456 e. The first-order chi connectivity index (χ1) is 36.4. The molecule has 12 rings (SSSR count). The number of rotatable bonds is 11. The molecule has 11 aromatic carbocycles. The van der Waals surface area contributed by atoms with Gasteiger partial charge < -0.3 is 14.2 Å². The van der Waals surface area contributed by atoms with Crippen LogP contribution >= 0.6 is 0 Å². The van der Waals surface area contributed by atoms with Gasteiger partial charge in [-0.3, -0.25) is 0 Å². The highest BCUT2D eigenvalue weighted by Gasteiger charge is 2.23. The lowest BCUT2D eigenvalue weighted by Crippen LogP contribution is -2.12. The van der Waals surface area contributed by atoms with E-state index in [9.17, 15) is 0 Å². The quantitative estimate of drug-likeness (QED) is 0.129. The lowest BCUT2D eigenvalue weighted by Gasteiger charge is -2.30. The first-order valence-electron chi connectivity index (χ1n) is 26.5. The van der Waals surface area contributed by atoms with Crippen LogP contribution in [0.1, 0.15) is 77.0 Å². The van der Waals surface area contributed by atoms with Crippen LogP contribution in [0.15, 0.2) is 241 Å². The van der Waals surface area contributed by atoms with Crippen LogP contribution < -0.4 is 9.80 Å². The van der Waals surface area contributed by atoms with Gasteiger partial charge in [0.25, 0.3) is 0 Å². The van der Waals surface area contributed by atoms with Crippen LogP contribution in [0.25, 0.3) is 76.9 Å². The number of fused-ring (bicyclic) bond motifs is 5. The highest BCUT2D eigenvalue weighted by molar-refractivity contribution is 6.14. The number of hydrogen-bond donors (Lipinski definition) is 0. The van der Waals surface area contributed by atoms with E-state index in [1.807, 2.05) is 0 Å². The lowest BCUT2D eigenvalue weighted by atomic mass is 9.86. The van der Waals surface area contributed by atoms with Crippen LogP contribution in [0.5, 0.6) is 0 Å². The molecule has 75 heavy (non-hydrogen) atoms. The molecule has 0 saturated carbocycles. The van der Waals surface area contributed by atoms with Crippen molar-refractivity contribution in [3.05, 3.63) is 253 Å². The fraction of sp³-hybridized carbons (Fsp3) is 0.139. The predicted octanol–water partition coefficient (Wildman–Crippen LogP) is 21.4. The second-order valence-corrected chi connectivity index (χ2v) is 21.8. The number of nitrogens with zero attached hydrogens (tertiary/aromatic N) is 2. The van der Waals surface area contributed by atoms with E-state index in [1.165, 1.54) is 44.5 Å². The van der Waals surface area contributed by atoms with E-state index >= 15 is 0 Å². The highest BCUT2D eigenvalue weighted by Crippen LogP contribution is 2.47. The normalized spacial score (nSPS) is 11.9. The van der Waals surface area contributed by atoms with Crippen LogP contribution in [-0.4, -0.2) is 0 Å². The Balaban J connectivity index is 0.974. The van der Waals surface area contributed by atoms with Gasteiger partial charge in [0.1, 0.15) is 11.2 Å². The Morgan fingerprint density at radius 1 is 0.333 bits per heavy atom. The molecule has 0 fully saturated rings. The molecule has 12 aromatic rings. The average Bonchev–Trinajstić information content (AvgIpc) is 3.78. The summed E-state index contributed by atoms with van der Waals surface area (Å²) in [5.41, 5.74) is 19.4. The fourth-order valence-electron chi connectivity index (χ4n) is 10.9. The molecule has 0 unspecified atom stereocenters. The minimum atomic E-state index is 0.0720. The molecule has 3 heteroatoms. The third-order valence-corrected chi connectivity index (χ3v) is 15.2. The zero-order valence-corrected chi connectivity index (χ0v) is 44.0. The smallest absolute Gasteiger partial charge is 0.136 e. The van der Waals surface area contributed by atoms with Crippen molar-refractivity contribution in [3.8, 4) is 33.4 Å². The molecule has 0 aliphatic carbocycles. The summed E-state index contributed by atoms with van der Waals surface area (Å²) in [6.07, 6.45) is 0.